The van der Waals surface area contributed by atoms with Gasteiger partial charge in [0.25, 0.3) is 11.4 Å². The molecule has 0 bridgehead atoms. The highest BCUT2D eigenvalue weighted by Crippen LogP contribution is 2.16. The highest BCUT2D eigenvalue weighted by atomic mass is 19.1. The third-order valence-corrected chi connectivity index (χ3v) is 4.50. The van der Waals surface area contributed by atoms with Crippen molar-refractivity contribution < 1.29 is 23.9 Å². The largest absolute Gasteiger partial charge is 0.381 e. The Kier molecular flexibility index (Phi) is 47.7. The van der Waals surface area contributed by atoms with Crippen molar-refractivity contribution in [3.63, 3.8) is 0 Å². The van der Waals surface area contributed by atoms with Gasteiger partial charge in [-0.1, -0.05) is 105 Å². The third-order valence-electron chi connectivity index (χ3n) is 4.50. The van der Waals surface area contributed by atoms with Gasteiger partial charge in [-0.25, -0.2) is 0 Å². The summed E-state index contributed by atoms with van der Waals surface area (Å²) in [6.07, 6.45) is 2.56. The molecule has 1 saturated heterocycles. The van der Waals surface area contributed by atoms with Crippen LogP contribution in [0, 0.1) is 50.0 Å². The van der Waals surface area contributed by atoms with Crippen molar-refractivity contribution in [1.82, 2.24) is 0 Å². The van der Waals surface area contributed by atoms with E-state index in [1.165, 1.54) is 37.1 Å². The van der Waals surface area contributed by atoms with Crippen molar-refractivity contribution in [2.24, 2.45) is 0 Å². The molecular weight excluding hydrogens is 579 g/mol. The molecule has 0 aromatic heterocycles. The van der Waals surface area contributed by atoms with E-state index in [0.717, 1.165) is 25.3 Å². The van der Waals surface area contributed by atoms with Crippen molar-refractivity contribution in [3.8, 4) is 0 Å². The summed E-state index contributed by atoms with van der Waals surface area (Å²) in [7, 11) is 0. The molecule has 250 valence electrons. The summed E-state index contributed by atoms with van der Waals surface area (Å²) in [5, 5.41) is 30.4. The van der Waals surface area contributed by atoms with Gasteiger partial charge < -0.3 is 4.74 Å². The van der Waals surface area contributed by atoms with Crippen molar-refractivity contribution in [2.75, 3.05) is 13.2 Å². The Morgan fingerprint density at radius 3 is 1.00 bits per heavy atom. The third kappa shape index (κ3) is 27.2. The van der Waals surface area contributed by atoms with E-state index in [-0.39, 0.29) is 52.9 Å². The molecule has 10 nitrogen and oxygen atoms in total. The Labute approximate surface area is 274 Å². The molecule has 1 fully saturated rings. The van der Waals surface area contributed by atoms with Crippen LogP contribution in [-0.4, -0.2) is 44.8 Å². The zero-order chi connectivity index (χ0) is 32.2. The lowest BCUT2D eigenvalue weighted by atomic mass is 10.2. The van der Waals surface area contributed by atoms with Crippen molar-refractivity contribution >= 4 is 33.9 Å². The molecule has 4 rings (SSSR count). The lowest BCUT2D eigenvalue weighted by Crippen LogP contribution is -1.90. The molecular formula is C32H52B2FN3O7. The first kappa shape index (κ1) is 56.6. The molecule has 0 aliphatic carbocycles. The Hall–Kier alpha value is -4.12. The van der Waals surface area contributed by atoms with Crippen LogP contribution >= 0.6 is 0 Å². The molecule has 13 heteroatoms. The lowest BCUT2D eigenvalue weighted by molar-refractivity contribution is -0.387. The molecule has 0 amide bonds. The average molecular weight is 631 g/mol. The number of nitro benzene ring substituents is 3. The summed E-state index contributed by atoms with van der Waals surface area (Å²) in [6, 6.07) is 18.3. The van der Waals surface area contributed by atoms with Crippen LogP contribution in [-0.2, 0) is 4.74 Å². The fourth-order valence-electron chi connectivity index (χ4n) is 2.65. The van der Waals surface area contributed by atoms with E-state index < -0.39 is 16.4 Å². The van der Waals surface area contributed by atoms with Crippen LogP contribution in [0.3, 0.4) is 0 Å². The second-order valence-corrected chi connectivity index (χ2v) is 7.12. The number of nitro groups is 3. The Balaban J connectivity index is -0.0000000799. The topological polar surface area (TPSA) is 139 Å². The molecule has 0 spiro atoms. The van der Waals surface area contributed by atoms with E-state index in [1.54, 1.807) is 50.2 Å². The number of ether oxygens (including phenoxy) is 1. The van der Waals surface area contributed by atoms with Gasteiger partial charge >= 0.3 is 5.69 Å². The number of benzene rings is 3. The average Bonchev–Trinajstić information content (AvgIpc) is 3.58. The van der Waals surface area contributed by atoms with Gasteiger partial charge in [-0.2, -0.15) is 4.39 Å². The zero-order valence-corrected chi connectivity index (χ0v) is 26.5. The van der Waals surface area contributed by atoms with Crippen molar-refractivity contribution in [3.05, 3.63) is 120 Å². The van der Waals surface area contributed by atoms with Crippen LogP contribution in [0.25, 0.3) is 0 Å². The minimum absolute atomic E-state index is 0. The second-order valence-electron chi connectivity index (χ2n) is 7.12. The molecule has 0 unspecified atom stereocenters. The molecule has 0 saturated carbocycles. The standard InChI is InChI=1S/2C7H7NO2.C6H4FNO2.C4H8O.3C2H6.2CH4.2B/c2*1-6-4-2-3-5-7(6)8(9)10;7-5-3-1-2-4-6(5)8(9)10;1-2-4-5-3-1;3*1-2;;;;/h2*2-5H,1H3;1-4H;1-4H2;3*1-2H3;2*1H4;;. The number of hydrogen-bond donors (Lipinski definition) is 0. The normalized spacial score (nSPS) is 9.27. The van der Waals surface area contributed by atoms with Gasteiger partial charge in [0.1, 0.15) is 0 Å². The zero-order valence-electron chi connectivity index (χ0n) is 26.5. The van der Waals surface area contributed by atoms with Crippen LogP contribution in [0.1, 0.15) is 80.4 Å². The number of hydrogen-bond acceptors (Lipinski definition) is 7. The highest BCUT2D eigenvalue weighted by Gasteiger charge is 2.10. The maximum absolute atomic E-state index is 12.4. The first-order chi connectivity index (χ1) is 19.6. The first-order valence-corrected chi connectivity index (χ1v) is 13.5. The molecule has 0 atom stereocenters. The second kappa shape index (κ2) is 37.9. The summed E-state index contributed by atoms with van der Waals surface area (Å²) in [5.41, 5.74) is 1.28. The number of aryl methyl sites for hydroxylation is 2. The Bertz CT molecular complexity index is 998. The minimum Gasteiger partial charge on any atom is -0.381 e. The van der Waals surface area contributed by atoms with Gasteiger partial charge in [-0.05, 0) is 32.8 Å². The predicted octanol–water partition coefficient (Wildman–Crippen LogP) is 9.93. The van der Waals surface area contributed by atoms with Crippen LogP contribution in [0.4, 0.5) is 21.5 Å². The highest BCUT2D eigenvalue weighted by molar-refractivity contribution is 5.76. The number of rotatable bonds is 3. The fourth-order valence-corrected chi connectivity index (χ4v) is 2.65. The maximum atomic E-state index is 12.4. The monoisotopic (exact) mass is 631 g/mol. The Morgan fingerprint density at radius 1 is 0.556 bits per heavy atom. The quantitative estimate of drug-likeness (QED) is 0.159. The molecule has 1 aliphatic rings. The van der Waals surface area contributed by atoms with Crippen LogP contribution < -0.4 is 0 Å². The molecule has 1 heterocycles. The van der Waals surface area contributed by atoms with E-state index >= 15 is 0 Å². The summed E-state index contributed by atoms with van der Waals surface area (Å²) < 4.78 is 17.3. The summed E-state index contributed by atoms with van der Waals surface area (Å²) in [6.45, 7) is 17.4. The van der Waals surface area contributed by atoms with E-state index in [1.807, 2.05) is 41.5 Å². The molecule has 1 aliphatic heterocycles. The molecule has 6 radical (unpaired) electrons. The lowest BCUT2D eigenvalue weighted by Gasteiger charge is -1.92. The van der Waals surface area contributed by atoms with Gasteiger partial charge in [0.15, 0.2) is 0 Å². The summed E-state index contributed by atoms with van der Waals surface area (Å²) >= 11 is 0. The summed E-state index contributed by atoms with van der Waals surface area (Å²) in [4.78, 5) is 28.9. The van der Waals surface area contributed by atoms with E-state index in [4.69, 9.17) is 4.74 Å². The molecule has 3 aromatic carbocycles. The molecule has 0 N–H and O–H groups in total. The van der Waals surface area contributed by atoms with E-state index in [9.17, 15) is 34.7 Å². The first-order valence-electron chi connectivity index (χ1n) is 13.5. The van der Waals surface area contributed by atoms with Crippen LogP contribution in [0.5, 0.6) is 0 Å². The predicted molar refractivity (Wildman–Crippen MR) is 188 cm³/mol. The Morgan fingerprint density at radius 2 is 0.822 bits per heavy atom. The van der Waals surface area contributed by atoms with Gasteiger partial charge in [0.2, 0.25) is 5.82 Å². The smallest absolute Gasteiger partial charge is 0.304 e. The van der Waals surface area contributed by atoms with Gasteiger partial charge in [0.05, 0.1) is 14.8 Å². The number of nitrogens with zero attached hydrogens (tertiary/aromatic N) is 3. The number of halogens is 1. The van der Waals surface area contributed by atoms with Crippen molar-refractivity contribution in [1.29, 1.82) is 0 Å². The molecule has 45 heavy (non-hydrogen) atoms. The SMILES string of the molecule is C.C.C1CCOC1.CC.CC.CC.Cc1ccccc1[N+](=O)[O-].Cc1ccccc1[N+](=O)[O-].O=[N+]([O-])c1ccccc1F.[B].[B]. The van der Waals surface area contributed by atoms with E-state index in [0.29, 0.717) is 11.1 Å². The van der Waals surface area contributed by atoms with E-state index in [2.05, 4.69) is 0 Å². The van der Waals surface area contributed by atoms with Crippen LogP contribution in [0.2, 0.25) is 0 Å². The van der Waals surface area contributed by atoms with Crippen LogP contribution in [0.15, 0.2) is 72.8 Å². The number of para-hydroxylation sites is 3. The molecule has 3 aromatic rings. The maximum Gasteiger partial charge on any atom is 0.304 e. The van der Waals surface area contributed by atoms with Gasteiger partial charge in [0, 0.05) is 59.4 Å². The van der Waals surface area contributed by atoms with Gasteiger partial charge in [-0.15, -0.1) is 0 Å². The fraction of sp³-hybridized carbons (Fsp3) is 0.438. The minimum atomic E-state index is -0.799. The van der Waals surface area contributed by atoms with Crippen molar-refractivity contribution in [2.45, 2.75) is 83.1 Å². The van der Waals surface area contributed by atoms with Gasteiger partial charge in [-0.3, -0.25) is 30.3 Å². The summed E-state index contributed by atoms with van der Waals surface area (Å²) in [5.74, 6) is -0.799.